The van der Waals surface area contributed by atoms with Crippen molar-refractivity contribution in [1.29, 1.82) is 0 Å². The van der Waals surface area contributed by atoms with Crippen LogP contribution in [0.3, 0.4) is 0 Å². The first-order valence-corrected chi connectivity index (χ1v) is 3.03. The van der Waals surface area contributed by atoms with Crippen LogP contribution < -0.4 is 0 Å². The molecule has 0 saturated carbocycles. The molecule has 0 saturated heterocycles. The number of rotatable bonds is 2. The topological polar surface area (TPSA) is 28.7 Å². The molecule has 0 unspecified atom stereocenters. The number of H-pyrrole nitrogens is 1. The molecule has 0 fully saturated rings. The lowest BCUT2D eigenvalue weighted by atomic mass is 10.5. The van der Waals surface area contributed by atoms with Gasteiger partial charge < -0.3 is 4.98 Å². The molecule has 1 heterocycles. The zero-order valence-electron chi connectivity index (χ0n) is 5.52. The smallest absolute Gasteiger partial charge is 0.106 e. The van der Waals surface area contributed by atoms with Crippen LogP contribution in [-0.4, -0.2) is 9.97 Å². The zero-order chi connectivity index (χ0) is 6.69. The van der Waals surface area contributed by atoms with E-state index in [1.807, 2.05) is 0 Å². The highest BCUT2D eigenvalue weighted by atomic mass is 14.9. The van der Waals surface area contributed by atoms with E-state index in [0.717, 1.165) is 17.9 Å². The first kappa shape index (κ1) is 6.08. The van der Waals surface area contributed by atoms with E-state index in [-0.39, 0.29) is 0 Å². The number of nitrogens with zero attached hydrogens (tertiary/aromatic N) is 1. The Bertz CT molecular complexity index is 200. The number of imidazole rings is 1. The SMILES string of the molecule is C=Cc1cnc(CC)[nH]1. The maximum atomic E-state index is 4.08. The van der Waals surface area contributed by atoms with Crippen molar-refractivity contribution in [2.24, 2.45) is 0 Å². The molecule has 1 rings (SSSR count). The van der Waals surface area contributed by atoms with Crippen LogP contribution in [0.1, 0.15) is 18.4 Å². The summed E-state index contributed by atoms with van der Waals surface area (Å²) in [6.45, 7) is 5.67. The predicted octanol–water partition coefficient (Wildman–Crippen LogP) is 1.62. The molecule has 0 aliphatic heterocycles. The predicted molar refractivity (Wildman–Crippen MR) is 38.1 cm³/mol. The van der Waals surface area contributed by atoms with Gasteiger partial charge in [0.15, 0.2) is 0 Å². The monoisotopic (exact) mass is 122 g/mol. The molecule has 1 aromatic heterocycles. The minimum atomic E-state index is 0.952. The van der Waals surface area contributed by atoms with E-state index in [2.05, 4.69) is 23.5 Å². The molecule has 0 atom stereocenters. The quantitative estimate of drug-likeness (QED) is 0.634. The first-order chi connectivity index (χ1) is 4.36. The van der Waals surface area contributed by atoms with Gasteiger partial charge in [0.25, 0.3) is 0 Å². The van der Waals surface area contributed by atoms with Crippen molar-refractivity contribution in [3.05, 3.63) is 24.3 Å². The molecule has 48 valence electrons. The molecule has 1 aromatic rings. The van der Waals surface area contributed by atoms with Gasteiger partial charge in [0.1, 0.15) is 5.82 Å². The fraction of sp³-hybridized carbons (Fsp3) is 0.286. The van der Waals surface area contributed by atoms with Gasteiger partial charge in [0, 0.05) is 6.42 Å². The highest BCUT2D eigenvalue weighted by molar-refractivity contribution is 5.39. The van der Waals surface area contributed by atoms with Crippen LogP contribution in [0.5, 0.6) is 0 Å². The zero-order valence-corrected chi connectivity index (χ0v) is 5.52. The van der Waals surface area contributed by atoms with Gasteiger partial charge in [-0.3, -0.25) is 0 Å². The van der Waals surface area contributed by atoms with E-state index < -0.39 is 0 Å². The van der Waals surface area contributed by atoms with E-state index in [0.29, 0.717) is 0 Å². The van der Waals surface area contributed by atoms with Crippen LogP contribution in [0.2, 0.25) is 0 Å². The van der Waals surface area contributed by atoms with Crippen molar-refractivity contribution in [3.8, 4) is 0 Å². The molecule has 0 aromatic carbocycles. The largest absolute Gasteiger partial charge is 0.343 e. The standard InChI is InChI=1S/C7H10N2/c1-3-6-5-8-7(4-2)9-6/h3,5H,1,4H2,2H3,(H,8,9). The maximum Gasteiger partial charge on any atom is 0.106 e. The fourth-order valence-corrected chi connectivity index (χ4v) is 0.662. The van der Waals surface area contributed by atoms with Crippen molar-refractivity contribution in [2.75, 3.05) is 0 Å². The van der Waals surface area contributed by atoms with Crippen LogP contribution in [0.25, 0.3) is 6.08 Å². The third kappa shape index (κ3) is 1.19. The molecule has 0 bridgehead atoms. The number of hydrogen-bond donors (Lipinski definition) is 1. The normalized spacial score (nSPS) is 9.44. The Labute approximate surface area is 54.6 Å². The van der Waals surface area contributed by atoms with E-state index >= 15 is 0 Å². The summed E-state index contributed by atoms with van der Waals surface area (Å²) in [5.41, 5.74) is 0.992. The van der Waals surface area contributed by atoms with Crippen LogP contribution in [0.4, 0.5) is 0 Å². The molecule has 0 amide bonds. The van der Waals surface area contributed by atoms with Crippen LogP contribution in [0, 0.1) is 0 Å². The molecular weight excluding hydrogens is 112 g/mol. The summed E-state index contributed by atoms with van der Waals surface area (Å²) >= 11 is 0. The Balaban J connectivity index is 2.86. The van der Waals surface area contributed by atoms with Gasteiger partial charge in [-0.15, -0.1) is 0 Å². The molecule has 0 spiro atoms. The lowest BCUT2D eigenvalue weighted by molar-refractivity contribution is 0.988. The van der Waals surface area contributed by atoms with Crippen molar-refractivity contribution in [1.82, 2.24) is 9.97 Å². The second-order valence-corrected chi connectivity index (χ2v) is 1.84. The minimum absolute atomic E-state index is 0.952. The number of aryl methyl sites for hydroxylation is 1. The van der Waals surface area contributed by atoms with E-state index in [4.69, 9.17) is 0 Å². The van der Waals surface area contributed by atoms with E-state index in [1.54, 1.807) is 12.3 Å². The third-order valence-corrected chi connectivity index (χ3v) is 1.20. The average molecular weight is 122 g/mol. The third-order valence-electron chi connectivity index (χ3n) is 1.20. The highest BCUT2D eigenvalue weighted by Crippen LogP contribution is 1.97. The lowest BCUT2D eigenvalue weighted by Gasteiger charge is -1.83. The summed E-state index contributed by atoms with van der Waals surface area (Å²) in [6.07, 6.45) is 4.49. The number of nitrogens with one attached hydrogen (secondary N) is 1. The molecular formula is C7H10N2. The second kappa shape index (κ2) is 2.49. The Hall–Kier alpha value is -1.05. The van der Waals surface area contributed by atoms with Crippen molar-refractivity contribution in [3.63, 3.8) is 0 Å². The highest BCUT2D eigenvalue weighted by Gasteiger charge is 1.91. The van der Waals surface area contributed by atoms with E-state index in [1.165, 1.54) is 0 Å². The molecule has 9 heavy (non-hydrogen) atoms. The minimum Gasteiger partial charge on any atom is -0.343 e. The molecule has 0 radical (unpaired) electrons. The van der Waals surface area contributed by atoms with Gasteiger partial charge in [-0.1, -0.05) is 13.5 Å². The fourth-order valence-electron chi connectivity index (χ4n) is 0.662. The molecule has 2 heteroatoms. The Kier molecular flexibility index (Phi) is 1.68. The molecule has 2 nitrogen and oxygen atoms in total. The van der Waals surface area contributed by atoms with Gasteiger partial charge in [0.2, 0.25) is 0 Å². The Morgan fingerprint density at radius 3 is 3.00 bits per heavy atom. The summed E-state index contributed by atoms with van der Waals surface area (Å²) in [5.74, 6) is 1.02. The number of hydrogen-bond acceptors (Lipinski definition) is 1. The molecule has 0 aliphatic rings. The summed E-state index contributed by atoms with van der Waals surface area (Å²) < 4.78 is 0. The first-order valence-electron chi connectivity index (χ1n) is 3.03. The number of aromatic nitrogens is 2. The Morgan fingerprint density at radius 1 is 1.89 bits per heavy atom. The lowest BCUT2D eigenvalue weighted by Crippen LogP contribution is -1.80. The van der Waals surface area contributed by atoms with Crippen LogP contribution in [-0.2, 0) is 6.42 Å². The second-order valence-electron chi connectivity index (χ2n) is 1.84. The van der Waals surface area contributed by atoms with E-state index in [9.17, 15) is 0 Å². The van der Waals surface area contributed by atoms with Crippen LogP contribution >= 0.6 is 0 Å². The maximum absolute atomic E-state index is 4.08. The van der Waals surface area contributed by atoms with Crippen LogP contribution in [0.15, 0.2) is 12.8 Å². The average Bonchev–Trinajstić information content (AvgIpc) is 2.34. The summed E-state index contributed by atoms with van der Waals surface area (Å²) in [4.78, 5) is 7.16. The molecule has 0 aliphatic carbocycles. The van der Waals surface area contributed by atoms with Gasteiger partial charge in [-0.25, -0.2) is 4.98 Å². The van der Waals surface area contributed by atoms with Gasteiger partial charge in [-0.05, 0) is 6.08 Å². The number of aromatic amines is 1. The van der Waals surface area contributed by atoms with Gasteiger partial charge in [0.05, 0.1) is 11.9 Å². The summed E-state index contributed by atoms with van der Waals surface area (Å²) in [6, 6.07) is 0. The van der Waals surface area contributed by atoms with Crippen molar-refractivity contribution >= 4 is 6.08 Å². The molecule has 1 N–H and O–H groups in total. The van der Waals surface area contributed by atoms with Gasteiger partial charge in [-0.2, -0.15) is 0 Å². The summed E-state index contributed by atoms with van der Waals surface area (Å²) in [7, 11) is 0. The van der Waals surface area contributed by atoms with Crippen molar-refractivity contribution < 1.29 is 0 Å². The van der Waals surface area contributed by atoms with Crippen molar-refractivity contribution in [2.45, 2.75) is 13.3 Å². The van der Waals surface area contributed by atoms with Gasteiger partial charge >= 0.3 is 0 Å². The summed E-state index contributed by atoms with van der Waals surface area (Å²) in [5, 5.41) is 0. The Morgan fingerprint density at radius 2 is 2.67 bits per heavy atom.